The Balaban J connectivity index is 2.12. The smallest absolute Gasteiger partial charge is 0.412 e. The largest absolute Gasteiger partial charge is 0.444 e. The number of primary amides is 1. The molecule has 0 saturated heterocycles. The lowest BCUT2D eigenvalue weighted by Crippen LogP contribution is -2.58. The number of benzene rings is 1. The van der Waals surface area contributed by atoms with E-state index < -0.39 is 54.1 Å². The van der Waals surface area contributed by atoms with Crippen LogP contribution in [0.5, 0.6) is 0 Å². The Morgan fingerprint density at radius 1 is 1.03 bits per heavy atom. The molecule has 12 nitrogen and oxygen atoms in total. The van der Waals surface area contributed by atoms with Crippen molar-refractivity contribution in [2.75, 3.05) is 5.32 Å². The Morgan fingerprint density at radius 3 is 2.26 bits per heavy atom. The van der Waals surface area contributed by atoms with Gasteiger partial charge in [-0.15, -0.1) is 0 Å². The maximum Gasteiger partial charge on any atom is 0.412 e. The Bertz CT molecular complexity index is 1200. The maximum absolute atomic E-state index is 13.0. The summed E-state index contributed by atoms with van der Waals surface area (Å²) in [5.41, 5.74) is 5.75. The Labute approximate surface area is 220 Å². The Kier molecular flexibility index (Phi) is 11.0. The number of carbonyl (C=O) groups excluding carboxylic acids is 4. The number of aromatic nitrogens is 1. The van der Waals surface area contributed by atoms with Crippen molar-refractivity contribution in [3.05, 3.63) is 64.1 Å². The molecule has 4 atom stereocenters. The molecule has 0 bridgehead atoms. The predicted octanol–water partition coefficient (Wildman–Crippen LogP) is 0.787. The van der Waals surface area contributed by atoms with E-state index in [1.807, 2.05) is 13.0 Å². The second kappa shape index (κ2) is 13.9. The van der Waals surface area contributed by atoms with E-state index in [2.05, 4.69) is 16.0 Å². The average molecular weight is 530 g/mol. The van der Waals surface area contributed by atoms with E-state index in [1.165, 1.54) is 13.0 Å². The molecule has 0 aliphatic rings. The van der Waals surface area contributed by atoms with E-state index in [0.717, 1.165) is 10.1 Å². The van der Waals surface area contributed by atoms with Crippen molar-refractivity contribution in [1.82, 2.24) is 15.2 Å². The van der Waals surface area contributed by atoms with E-state index in [9.17, 15) is 29.1 Å². The second-order valence-electron chi connectivity index (χ2n) is 9.03. The molecule has 0 spiro atoms. The standard InChI is InChI=1S/C26H35N5O7/c1-5-15(2)21(24(35)30-22(17(4)32)23(27)34)29-20(33)13-31-16(3)11-12-19(25(31)36)28-26(37)38-14-18-9-7-6-8-10-18/h6-12,15,17,21-22,32H,5,13-14H2,1-4H3,(H2,27,34)(H,28,37)(H,29,33)(H,30,35)/t15-,17+,21-,22-/m0/s1. The number of ether oxygens (including phenoxy) is 1. The molecule has 4 amide bonds. The number of anilines is 1. The van der Waals surface area contributed by atoms with Crippen molar-refractivity contribution >= 4 is 29.5 Å². The average Bonchev–Trinajstić information content (AvgIpc) is 2.88. The molecule has 2 aromatic rings. The summed E-state index contributed by atoms with van der Waals surface area (Å²) in [7, 11) is 0. The van der Waals surface area contributed by atoms with Crippen molar-refractivity contribution in [3.63, 3.8) is 0 Å². The van der Waals surface area contributed by atoms with Gasteiger partial charge >= 0.3 is 6.09 Å². The van der Waals surface area contributed by atoms with E-state index in [4.69, 9.17) is 10.5 Å². The molecule has 0 fully saturated rings. The molecular formula is C26H35N5O7. The SMILES string of the molecule is CC[C@H](C)[C@H](NC(=O)Cn1c(C)ccc(NC(=O)OCc2ccccc2)c1=O)C(=O)N[C@H](C(N)=O)[C@@H](C)O. The normalized spacial score (nSPS) is 13.9. The monoisotopic (exact) mass is 529 g/mol. The van der Waals surface area contributed by atoms with Crippen LogP contribution in [0, 0.1) is 12.8 Å². The third kappa shape index (κ3) is 8.44. The van der Waals surface area contributed by atoms with Crippen LogP contribution in [0.4, 0.5) is 10.5 Å². The van der Waals surface area contributed by atoms with Gasteiger partial charge in [-0.3, -0.25) is 24.5 Å². The highest BCUT2D eigenvalue weighted by molar-refractivity contribution is 5.92. The van der Waals surface area contributed by atoms with Crippen LogP contribution in [0.15, 0.2) is 47.3 Å². The molecule has 1 aromatic heterocycles. The molecule has 0 aliphatic carbocycles. The molecule has 6 N–H and O–H groups in total. The molecule has 2 rings (SSSR count). The number of amides is 4. The first-order valence-electron chi connectivity index (χ1n) is 12.2. The maximum atomic E-state index is 13.0. The van der Waals surface area contributed by atoms with Gasteiger partial charge in [-0.25, -0.2) is 4.79 Å². The number of rotatable bonds is 12. The molecule has 38 heavy (non-hydrogen) atoms. The summed E-state index contributed by atoms with van der Waals surface area (Å²) >= 11 is 0. The molecule has 0 radical (unpaired) electrons. The van der Waals surface area contributed by atoms with Crippen LogP contribution < -0.4 is 27.2 Å². The number of aliphatic hydroxyl groups is 1. The fourth-order valence-electron chi connectivity index (χ4n) is 3.57. The topological polar surface area (TPSA) is 182 Å². The zero-order chi connectivity index (χ0) is 28.4. The van der Waals surface area contributed by atoms with E-state index in [0.29, 0.717) is 12.1 Å². The van der Waals surface area contributed by atoms with Crippen LogP contribution in [0.3, 0.4) is 0 Å². The number of hydrogen-bond acceptors (Lipinski definition) is 7. The minimum Gasteiger partial charge on any atom is -0.444 e. The molecule has 0 saturated carbocycles. The van der Waals surface area contributed by atoms with Gasteiger partial charge in [0, 0.05) is 5.69 Å². The van der Waals surface area contributed by atoms with Gasteiger partial charge in [0.25, 0.3) is 5.56 Å². The third-order valence-electron chi connectivity index (χ3n) is 6.04. The highest BCUT2D eigenvalue weighted by Crippen LogP contribution is 2.10. The van der Waals surface area contributed by atoms with Gasteiger partial charge in [0.1, 0.15) is 30.9 Å². The number of aliphatic hydroxyl groups excluding tert-OH is 1. The summed E-state index contributed by atoms with van der Waals surface area (Å²) in [6.45, 7) is 6.05. The molecule has 0 aliphatic heterocycles. The van der Waals surface area contributed by atoms with Crippen molar-refractivity contribution in [3.8, 4) is 0 Å². The minimum atomic E-state index is -1.33. The summed E-state index contributed by atoms with van der Waals surface area (Å²) in [6, 6.07) is 9.59. The van der Waals surface area contributed by atoms with Crippen LogP contribution >= 0.6 is 0 Å². The van der Waals surface area contributed by atoms with Crippen molar-refractivity contribution in [2.45, 2.75) is 65.5 Å². The number of aryl methyl sites for hydroxylation is 1. The predicted molar refractivity (Wildman–Crippen MR) is 140 cm³/mol. The summed E-state index contributed by atoms with van der Waals surface area (Å²) < 4.78 is 6.30. The molecule has 1 aromatic carbocycles. The third-order valence-corrected chi connectivity index (χ3v) is 6.04. The van der Waals surface area contributed by atoms with Gasteiger partial charge < -0.3 is 30.8 Å². The Morgan fingerprint density at radius 2 is 1.68 bits per heavy atom. The highest BCUT2D eigenvalue weighted by Gasteiger charge is 2.31. The van der Waals surface area contributed by atoms with Crippen LogP contribution in [-0.4, -0.2) is 51.7 Å². The van der Waals surface area contributed by atoms with Gasteiger partial charge in [0.15, 0.2) is 0 Å². The highest BCUT2D eigenvalue weighted by atomic mass is 16.5. The van der Waals surface area contributed by atoms with E-state index >= 15 is 0 Å². The zero-order valence-electron chi connectivity index (χ0n) is 21.9. The van der Waals surface area contributed by atoms with E-state index in [-0.39, 0.29) is 18.2 Å². The number of nitrogens with two attached hydrogens (primary N) is 1. The number of nitrogens with one attached hydrogen (secondary N) is 3. The number of hydrogen-bond donors (Lipinski definition) is 5. The quantitative estimate of drug-likeness (QED) is 0.269. The van der Waals surface area contributed by atoms with Crippen molar-refractivity contribution < 1.29 is 29.0 Å². The molecule has 206 valence electrons. The summed E-state index contributed by atoms with van der Waals surface area (Å²) in [5, 5.41) is 17.1. The van der Waals surface area contributed by atoms with Gasteiger partial charge in [0.05, 0.1) is 6.10 Å². The number of pyridine rings is 1. The van der Waals surface area contributed by atoms with Crippen LogP contribution in [0.25, 0.3) is 0 Å². The lowest BCUT2D eigenvalue weighted by atomic mass is 9.97. The van der Waals surface area contributed by atoms with Crippen LogP contribution in [0.2, 0.25) is 0 Å². The summed E-state index contributed by atoms with van der Waals surface area (Å²) in [4.78, 5) is 62.5. The molecule has 12 heteroatoms. The lowest BCUT2D eigenvalue weighted by molar-refractivity contribution is -0.134. The van der Waals surface area contributed by atoms with Gasteiger partial charge in [-0.1, -0.05) is 50.6 Å². The molecule has 0 unspecified atom stereocenters. The first-order valence-corrected chi connectivity index (χ1v) is 12.2. The minimum absolute atomic E-state index is 0.0138. The lowest BCUT2D eigenvalue weighted by Gasteiger charge is -2.27. The van der Waals surface area contributed by atoms with Gasteiger partial charge in [-0.2, -0.15) is 0 Å². The van der Waals surface area contributed by atoms with Crippen LogP contribution in [-0.2, 0) is 32.3 Å². The second-order valence-corrected chi connectivity index (χ2v) is 9.03. The molecular weight excluding hydrogens is 494 g/mol. The fourth-order valence-corrected chi connectivity index (χ4v) is 3.57. The van der Waals surface area contributed by atoms with Gasteiger partial charge in [0.2, 0.25) is 17.7 Å². The summed E-state index contributed by atoms with van der Waals surface area (Å²) in [6.07, 6.45) is -1.56. The number of carbonyl (C=O) groups is 4. The number of nitrogens with zero attached hydrogens (tertiary/aromatic N) is 1. The zero-order valence-corrected chi connectivity index (χ0v) is 21.9. The first-order chi connectivity index (χ1) is 17.9. The van der Waals surface area contributed by atoms with Gasteiger partial charge in [-0.05, 0) is 37.5 Å². The van der Waals surface area contributed by atoms with Crippen LogP contribution in [0.1, 0.15) is 38.4 Å². The van der Waals surface area contributed by atoms with E-state index in [1.54, 1.807) is 44.2 Å². The molecule has 1 heterocycles. The van der Waals surface area contributed by atoms with Crippen molar-refractivity contribution in [1.29, 1.82) is 0 Å². The fraction of sp³-hybridized carbons (Fsp3) is 0.423. The first kappa shape index (κ1) is 30.0. The summed E-state index contributed by atoms with van der Waals surface area (Å²) in [5.74, 6) is -2.60. The van der Waals surface area contributed by atoms with Crippen molar-refractivity contribution in [2.24, 2.45) is 11.7 Å². The Hall–Kier alpha value is -4.19.